The molecule has 0 aromatic heterocycles. The molecule has 0 aliphatic rings. The molecule has 2 rings (SSSR count). The summed E-state index contributed by atoms with van der Waals surface area (Å²) in [5.74, 6) is 2.33. The zero-order chi connectivity index (χ0) is 15.2. The Morgan fingerprint density at radius 3 is 2.19 bits per heavy atom. The van der Waals surface area contributed by atoms with E-state index in [0.29, 0.717) is 6.61 Å². The average molecular weight is 287 g/mol. The highest BCUT2D eigenvalue weighted by Gasteiger charge is 2.14. The molecule has 0 radical (unpaired) electrons. The third-order valence-corrected chi connectivity index (χ3v) is 3.25. The summed E-state index contributed by atoms with van der Waals surface area (Å²) in [5, 5.41) is 0. The number of nitrogens with two attached hydrogens (primary N) is 1. The first-order valence-corrected chi connectivity index (χ1v) is 6.84. The van der Waals surface area contributed by atoms with Gasteiger partial charge in [-0.3, -0.25) is 0 Å². The zero-order valence-electron chi connectivity index (χ0n) is 12.6. The van der Waals surface area contributed by atoms with Crippen molar-refractivity contribution in [2.45, 2.75) is 19.6 Å². The van der Waals surface area contributed by atoms with Crippen molar-refractivity contribution >= 4 is 0 Å². The Labute approximate surface area is 125 Å². The molecule has 2 aromatic rings. The van der Waals surface area contributed by atoms with E-state index in [0.717, 1.165) is 28.4 Å². The largest absolute Gasteiger partial charge is 0.497 e. The van der Waals surface area contributed by atoms with Gasteiger partial charge in [-0.1, -0.05) is 18.2 Å². The quantitative estimate of drug-likeness (QED) is 0.885. The molecule has 21 heavy (non-hydrogen) atoms. The highest BCUT2D eigenvalue weighted by atomic mass is 16.5. The fourth-order valence-electron chi connectivity index (χ4n) is 2.16. The van der Waals surface area contributed by atoms with Gasteiger partial charge in [-0.05, 0) is 36.8 Å². The Morgan fingerprint density at radius 2 is 1.62 bits per heavy atom. The number of benzene rings is 2. The third kappa shape index (κ3) is 3.67. The molecule has 0 amide bonds. The van der Waals surface area contributed by atoms with E-state index in [1.165, 1.54) is 0 Å². The lowest BCUT2D eigenvalue weighted by molar-refractivity contribution is 0.297. The summed E-state index contributed by atoms with van der Waals surface area (Å²) in [4.78, 5) is 0. The molecular formula is C17H21NO3. The molecule has 0 saturated carbocycles. The highest BCUT2D eigenvalue weighted by molar-refractivity contribution is 5.46. The fourth-order valence-corrected chi connectivity index (χ4v) is 2.16. The average Bonchev–Trinajstić information content (AvgIpc) is 2.52. The van der Waals surface area contributed by atoms with Gasteiger partial charge in [-0.25, -0.2) is 0 Å². The maximum absolute atomic E-state index is 6.02. The van der Waals surface area contributed by atoms with Gasteiger partial charge in [0.05, 0.1) is 19.8 Å². The highest BCUT2D eigenvalue weighted by Crippen LogP contribution is 2.33. The maximum atomic E-state index is 6.02. The predicted octanol–water partition coefficient (Wildman–Crippen LogP) is 3.30. The second kappa shape index (κ2) is 6.99. The molecule has 0 unspecified atom stereocenters. The molecule has 0 spiro atoms. The fraction of sp³-hybridized carbons (Fsp3) is 0.294. The summed E-state index contributed by atoms with van der Waals surface area (Å²) >= 11 is 0. The van der Waals surface area contributed by atoms with E-state index in [1.807, 2.05) is 49.4 Å². The molecule has 0 saturated heterocycles. The minimum absolute atomic E-state index is 0.160. The van der Waals surface area contributed by atoms with Crippen LogP contribution in [0.15, 0.2) is 42.5 Å². The van der Waals surface area contributed by atoms with E-state index in [9.17, 15) is 0 Å². The SMILES string of the molecule is COc1ccc(COc2cccc(OC)c2[C@H](C)N)cc1. The van der Waals surface area contributed by atoms with Crippen molar-refractivity contribution < 1.29 is 14.2 Å². The Balaban J connectivity index is 2.15. The van der Waals surface area contributed by atoms with Crippen molar-refractivity contribution in [3.63, 3.8) is 0 Å². The van der Waals surface area contributed by atoms with Crippen molar-refractivity contribution in [1.82, 2.24) is 0 Å². The minimum atomic E-state index is -0.160. The number of rotatable bonds is 6. The van der Waals surface area contributed by atoms with Crippen molar-refractivity contribution in [3.8, 4) is 17.2 Å². The third-order valence-electron chi connectivity index (χ3n) is 3.25. The standard InChI is InChI=1S/C17H21NO3/c1-12(18)17-15(20-3)5-4-6-16(17)21-11-13-7-9-14(19-2)10-8-13/h4-10,12H,11,18H2,1-3H3/t12-/m0/s1. The van der Waals surface area contributed by atoms with Gasteiger partial charge in [0.2, 0.25) is 0 Å². The second-order valence-corrected chi connectivity index (χ2v) is 4.80. The lowest BCUT2D eigenvalue weighted by Gasteiger charge is -2.17. The first-order valence-electron chi connectivity index (χ1n) is 6.84. The monoisotopic (exact) mass is 287 g/mol. The molecule has 112 valence electrons. The topological polar surface area (TPSA) is 53.7 Å². The lowest BCUT2D eigenvalue weighted by atomic mass is 10.1. The van der Waals surface area contributed by atoms with Gasteiger partial charge in [0.1, 0.15) is 23.9 Å². The van der Waals surface area contributed by atoms with E-state index in [2.05, 4.69) is 0 Å². The summed E-state index contributed by atoms with van der Waals surface area (Å²) < 4.78 is 16.4. The normalized spacial score (nSPS) is 11.8. The predicted molar refractivity (Wildman–Crippen MR) is 82.9 cm³/mol. The van der Waals surface area contributed by atoms with Crippen LogP contribution >= 0.6 is 0 Å². The van der Waals surface area contributed by atoms with Crippen LogP contribution in [-0.4, -0.2) is 14.2 Å². The van der Waals surface area contributed by atoms with Crippen LogP contribution in [0, 0.1) is 0 Å². The van der Waals surface area contributed by atoms with E-state index >= 15 is 0 Å². The smallest absolute Gasteiger partial charge is 0.128 e. The number of hydrogen-bond acceptors (Lipinski definition) is 4. The summed E-state index contributed by atoms with van der Waals surface area (Å²) in [7, 11) is 3.28. The van der Waals surface area contributed by atoms with E-state index in [4.69, 9.17) is 19.9 Å². The molecule has 0 aliphatic heterocycles. The molecule has 1 atom stereocenters. The molecule has 0 heterocycles. The summed E-state index contributed by atoms with van der Waals surface area (Å²) in [6.07, 6.45) is 0. The van der Waals surface area contributed by atoms with Crippen LogP contribution < -0.4 is 19.9 Å². The Morgan fingerprint density at radius 1 is 0.952 bits per heavy atom. The Hall–Kier alpha value is -2.20. The number of ether oxygens (including phenoxy) is 3. The summed E-state index contributed by atoms with van der Waals surface area (Å²) in [5.41, 5.74) is 7.97. The first kappa shape index (κ1) is 15.2. The van der Waals surface area contributed by atoms with Crippen molar-refractivity contribution in [2.75, 3.05) is 14.2 Å². The number of hydrogen-bond donors (Lipinski definition) is 1. The number of methoxy groups -OCH3 is 2. The van der Waals surface area contributed by atoms with Crippen molar-refractivity contribution in [2.24, 2.45) is 5.73 Å². The molecule has 0 fully saturated rings. The van der Waals surface area contributed by atoms with Gasteiger partial charge >= 0.3 is 0 Å². The zero-order valence-corrected chi connectivity index (χ0v) is 12.6. The van der Waals surface area contributed by atoms with Crippen molar-refractivity contribution in [1.29, 1.82) is 0 Å². The van der Waals surface area contributed by atoms with E-state index in [1.54, 1.807) is 14.2 Å². The van der Waals surface area contributed by atoms with Crippen LogP contribution in [0.25, 0.3) is 0 Å². The maximum Gasteiger partial charge on any atom is 0.128 e. The molecule has 0 aliphatic carbocycles. The van der Waals surface area contributed by atoms with Crippen LogP contribution in [0.2, 0.25) is 0 Å². The molecular weight excluding hydrogens is 266 g/mol. The van der Waals surface area contributed by atoms with E-state index in [-0.39, 0.29) is 6.04 Å². The lowest BCUT2D eigenvalue weighted by Crippen LogP contribution is -2.10. The van der Waals surface area contributed by atoms with Crippen LogP contribution in [0.5, 0.6) is 17.2 Å². The van der Waals surface area contributed by atoms with Crippen LogP contribution in [-0.2, 0) is 6.61 Å². The summed E-state index contributed by atoms with van der Waals surface area (Å²) in [6.45, 7) is 2.38. The molecule has 4 heteroatoms. The van der Waals surface area contributed by atoms with Gasteiger partial charge in [0.25, 0.3) is 0 Å². The van der Waals surface area contributed by atoms with Gasteiger partial charge < -0.3 is 19.9 Å². The molecule has 0 bridgehead atoms. The molecule has 2 aromatic carbocycles. The van der Waals surface area contributed by atoms with Crippen LogP contribution in [0.1, 0.15) is 24.1 Å². The van der Waals surface area contributed by atoms with Crippen LogP contribution in [0.4, 0.5) is 0 Å². The Bertz CT molecular complexity index is 579. The summed E-state index contributed by atoms with van der Waals surface area (Å²) in [6, 6.07) is 13.3. The van der Waals surface area contributed by atoms with E-state index < -0.39 is 0 Å². The second-order valence-electron chi connectivity index (χ2n) is 4.80. The van der Waals surface area contributed by atoms with Gasteiger partial charge in [-0.2, -0.15) is 0 Å². The van der Waals surface area contributed by atoms with Gasteiger partial charge in [0.15, 0.2) is 0 Å². The van der Waals surface area contributed by atoms with Gasteiger partial charge in [-0.15, -0.1) is 0 Å². The Kier molecular flexibility index (Phi) is 5.06. The molecule has 4 nitrogen and oxygen atoms in total. The van der Waals surface area contributed by atoms with Gasteiger partial charge in [0, 0.05) is 6.04 Å². The molecule has 2 N–H and O–H groups in total. The first-order chi connectivity index (χ1) is 10.2. The van der Waals surface area contributed by atoms with Crippen molar-refractivity contribution in [3.05, 3.63) is 53.6 Å². The van der Waals surface area contributed by atoms with Crippen LogP contribution in [0.3, 0.4) is 0 Å². The minimum Gasteiger partial charge on any atom is -0.497 e.